The fourth-order valence-electron chi connectivity index (χ4n) is 3.06. The van der Waals surface area contributed by atoms with Crippen LogP contribution in [0.25, 0.3) is 0 Å². The van der Waals surface area contributed by atoms with Crippen molar-refractivity contribution in [3.63, 3.8) is 0 Å². The number of fused-ring (bicyclic) bond motifs is 3. The van der Waals surface area contributed by atoms with Crippen molar-refractivity contribution < 1.29 is 14.6 Å². The predicted molar refractivity (Wildman–Crippen MR) is 62.1 cm³/mol. The molecule has 0 unspecified atom stereocenters. The fourth-order valence-corrected chi connectivity index (χ4v) is 3.06. The highest BCUT2D eigenvalue weighted by molar-refractivity contribution is 5.96. The normalized spacial score (nSPS) is 33.9. The maximum absolute atomic E-state index is 11.9. The van der Waals surface area contributed by atoms with Crippen LogP contribution in [0, 0.1) is 0 Å². The average Bonchev–Trinajstić information content (AvgIpc) is 2.44. The summed E-state index contributed by atoms with van der Waals surface area (Å²) in [6.45, 7) is 5.50. The molecule has 1 fully saturated rings. The van der Waals surface area contributed by atoms with E-state index in [4.69, 9.17) is 9.78 Å². The molecule has 1 aromatic rings. The summed E-state index contributed by atoms with van der Waals surface area (Å²) in [5.41, 5.74) is 0.695. The average molecular weight is 233 g/mol. The number of hydrogen-bond donors (Lipinski definition) is 0. The van der Waals surface area contributed by atoms with Gasteiger partial charge in [0.05, 0.1) is 5.69 Å². The Kier molecular flexibility index (Phi) is 1.95. The van der Waals surface area contributed by atoms with E-state index in [9.17, 15) is 4.79 Å². The molecule has 1 aromatic carbocycles. The quantitative estimate of drug-likeness (QED) is 0.699. The number of carbonyl (C=O) groups excluding carboxylic acids is 1. The molecule has 1 amide bonds. The van der Waals surface area contributed by atoms with Gasteiger partial charge in [-0.2, -0.15) is 0 Å². The highest BCUT2D eigenvalue weighted by Gasteiger charge is 2.70. The zero-order chi connectivity index (χ0) is 12.3. The van der Waals surface area contributed by atoms with Gasteiger partial charge in [-0.05, 0) is 19.4 Å². The first-order chi connectivity index (χ1) is 8.07. The van der Waals surface area contributed by atoms with E-state index in [1.807, 2.05) is 38.1 Å². The van der Waals surface area contributed by atoms with E-state index in [0.29, 0.717) is 0 Å². The first-order valence-electron chi connectivity index (χ1n) is 5.84. The molecule has 17 heavy (non-hydrogen) atoms. The van der Waals surface area contributed by atoms with Crippen LogP contribution in [-0.4, -0.2) is 11.6 Å². The minimum absolute atomic E-state index is 0.0291. The van der Waals surface area contributed by atoms with Gasteiger partial charge in [0, 0.05) is 12.5 Å². The van der Waals surface area contributed by atoms with Crippen LogP contribution >= 0.6 is 0 Å². The Balaban J connectivity index is 2.26. The first-order valence-corrected chi connectivity index (χ1v) is 5.84. The molecule has 2 atom stereocenters. The van der Waals surface area contributed by atoms with Crippen molar-refractivity contribution in [1.29, 1.82) is 0 Å². The van der Waals surface area contributed by atoms with Crippen LogP contribution < -0.4 is 4.90 Å². The molecule has 3 rings (SSSR count). The van der Waals surface area contributed by atoms with Crippen molar-refractivity contribution >= 4 is 11.6 Å². The minimum Gasteiger partial charge on any atom is -0.277 e. The second kappa shape index (κ2) is 3.09. The molecule has 0 spiro atoms. The lowest BCUT2D eigenvalue weighted by atomic mass is 9.83. The summed E-state index contributed by atoms with van der Waals surface area (Å²) in [5.74, 6) is -0.0291. The summed E-state index contributed by atoms with van der Waals surface area (Å²) < 4.78 is 0. The third-order valence-corrected chi connectivity index (χ3v) is 3.92. The van der Waals surface area contributed by atoms with Gasteiger partial charge < -0.3 is 0 Å². The van der Waals surface area contributed by atoms with Crippen molar-refractivity contribution in [3.05, 3.63) is 29.8 Å². The molecule has 2 aliphatic heterocycles. The maximum atomic E-state index is 11.9. The van der Waals surface area contributed by atoms with Gasteiger partial charge in [-0.25, -0.2) is 9.78 Å². The van der Waals surface area contributed by atoms with E-state index in [1.54, 1.807) is 11.8 Å². The lowest BCUT2D eigenvalue weighted by molar-refractivity contribution is -0.551. The summed E-state index contributed by atoms with van der Waals surface area (Å²) >= 11 is 0. The molecular formula is C13H15NO3. The molecule has 0 aliphatic carbocycles. The Morgan fingerprint density at radius 1 is 1.35 bits per heavy atom. The summed E-state index contributed by atoms with van der Waals surface area (Å²) in [7, 11) is 0. The van der Waals surface area contributed by atoms with Crippen LogP contribution in [-0.2, 0) is 20.2 Å². The molecule has 2 heterocycles. The monoisotopic (exact) mass is 233 g/mol. The van der Waals surface area contributed by atoms with Crippen molar-refractivity contribution in [2.24, 2.45) is 0 Å². The van der Waals surface area contributed by atoms with Crippen LogP contribution in [0.5, 0.6) is 0 Å². The molecule has 90 valence electrons. The Labute approximate surface area is 100 Å². The first kappa shape index (κ1) is 10.7. The highest BCUT2D eigenvalue weighted by atomic mass is 17.3. The Morgan fingerprint density at radius 3 is 2.59 bits per heavy atom. The number of nitrogens with zero attached hydrogens (tertiary/aromatic N) is 1. The van der Waals surface area contributed by atoms with E-state index in [2.05, 4.69) is 0 Å². The Bertz CT molecular complexity index is 497. The van der Waals surface area contributed by atoms with Gasteiger partial charge in [0.15, 0.2) is 5.60 Å². The Morgan fingerprint density at radius 2 is 2.06 bits per heavy atom. The third-order valence-electron chi connectivity index (χ3n) is 3.92. The fraction of sp³-hybridized carbons (Fsp3) is 0.462. The molecule has 4 heteroatoms. The van der Waals surface area contributed by atoms with E-state index < -0.39 is 11.3 Å². The molecule has 0 saturated carbocycles. The molecule has 4 nitrogen and oxygen atoms in total. The summed E-state index contributed by atoms with van der Waals surface area (Å²) in [5, 5.41) is 0. The SMILES string of the molecule is CC[C@]12OO[C@@]1(C)N(C(C)=O)c1ccccc12. The van der Waals surface area contributed by atoms with E-state index in [0.717, 1.165) is 17.7 Å². The van der Waals surface area contributed by atoms with Crippen molar-refractivity contribution in [2.45, 2.75) is 38.5 Å². The molecular weight excluding hydrogens is 218 g/mol. The number of amides is 1. The smallest absolute Gasteiger partial charge is 0.226 e. The standard InChI is InChI=1S/C13H15NO3/c1-4-13-10-7-5-6-8-11(10)14(9(2)15)12(13,3)16-17-13/h5-8H,4H2,1-3H3/t12-,13-/m1/s1. The van der Waals surface area contributed by atoms with Crippen LogP contribution in [0.4, 0.5) is 5.69 Å². The molecule has 0 N–H and O–H groups in total. The number of para-hydroxylation sites is 1. The topological polar surface area (TPSA) is 38.8 Å². The molecule has 1 saturated heterocycles. The zero-order valence-corrected chi connectivity index (χ0v) is 10.2. The van der Waals surface area contributed by atoms with Crippen LogP contribution in [0.1, 0.15) is 32.8 Å². The van der Waals surface area contributed by atoms with Gasteiger partial charge in [-0.1, -0.05) is 25.1 Å². The van der Waals surface area contributed by atoms with Gasteiger partial charge in [0.1, 0.15) is 0 Å². The lowest BCUT2D eigenvalue weighted by Gasteiger charge is -2.52. The predicted octanol–water partition coefficient (Wildman–Crippen LogP) is 2.34. The van der Waals surface area contributed by atoms with Crippen molar-refractivity contribution in [1.82, 2.24) is 0 Å². The van der Waals surface area contributed by atoms with Crippen molar-refractivity contribution in [3.8, 4) is 0 Å². The van der Waals surface area contributed by atoms with Gasteiger partial charge in [0.25, 0.3) is 0 Å². The summed E-state index contributed by atoms with van der Waals surface area (Å²) in [6, 6.07) is 7.82. The van der Waals surface area contributed by atoms with Crippen molar-refractivity contribution in [2.75, 3.05) is 4.90 Å². The number of benzene rings is 1. The molecule has 0 aromatic heterocycles. The van der Waals surface area contributed by atoms with Gasteiger partial charge in [0.2, 0.25) is 11.6 Å². The Hall–Kier alpha value is -1.39. The van der Waals surface area contributed by atoms with Crippen LogP contribution in [0.2, 0.25) is 0 Å². The van der Waals surface area contributed by atoms with E-state index >= 15 is 0 Å². The maximum Gasteiger partial charge on any atom is 0.226 e. The van der Waals surface area contributed by atoms with Gasteiger partial charge >= 0.3 is 0 Å². The van der Waals surface area contributed by atoms with E-state index in [-0.39, 0.29) is 5.91 Å². The number of anilines is 1. The largest absolute Gasteiger partial charge is 0.277 e. The highest BCUT2D eigenvalue weighted by Crippen LogP contribution is 2.61. The molecule has 0 bridgehead atoms. The number of carbonyl (C=O) groups is 1. The number of rotatable bonds is 1. The lowest BCUT2D eigenvalue weighted by Crippen LogP contribution is -2.68. The minimum atomic E-state index is -0.711. The molecule has 2 aliphatic rings. The summed E-state index contributed by atoms with van der Waals surface area (Å²) in [4.78, 5) is 24.2. The van der Waals surface area contributed by atoms with Gasteiger partial charge in [-0.15, -0.1) is 0 Å². The van der Waals surface area contributed by atoms with Crippen LogP contribution in [0.15, 0.2) is 24.3 Å². The third kappa shape index (κ3) is 0.983. The van der Waals surface area contributed by atoms with Gasteiger partial charge in [-0.3, -0.25) is 9.69 Å². The number of hydrogen-bond acceptors (Lipinski definition) is 3. The van der Waals surface area contributed by atoms with Crippen LogP contribution in [0.3, 0.4) is 0 Å². The summed E-state index contributed by atoms with van der Waals surface area (Å²) in [6.07, 6.45) is 0.768. The zero-order valence-electron chi connectivity index (χ0n) is 10.2. The second-order valence-corrected chi connectivity index (χ2v) is 4.70. The molecule has 0 radical (unpaired) electrons. The second-order valence-electron chi connectivity index (χ2n) is 4.70. The van der Waals surface area contributed by atoms with E-state index in [1.165, 1.54) is 0 Å².